The van der Waals surface area contributed by atoms with Gasteiger partial charge in [0.2, 0.25) is 0 Å². The van der Waals surface area contributed by atoms with Gasteiger partial charge in [0.1, 0.15) is 0 Å². The van der Waals surface area contributed by atoms with Crippen LogP contribution in [-0.4, -0.2) is 19.9 Å². The van der Waals surface area contributed by atoms with E-state index < -0.39 is -9.99 Å². The van der Waals surface area contributed by atoms with Crippen LogP contribution in [0.4, 0.5) is 0 Å². The minimum atomic E-state index is -8.65. The van der Waals surface area contributed by atoms with Gasteiger partial charge in [0.15, 0.2) is 0 Å². The molecule has 0 amide bonds. The molecule has 5 heterocycles. The van der Waals surface area contributed by atoms with E-state index in [0.717, 1.165) is 44.8 Å². The van der Waals surface area contributed by atoms with E-state index in [-0.39, 0.29) is 0 Å². The Morgan fingerprint density at radius 1 is 0.298 bits per heavy atom. The third-order valence-electron chi connectivity index (χ3n) is 10.2. The Morgan fingerprint density at radius 2 is 0.509 bits per heavy atom. The fourth-order valence-corrected chi connectivity index (χ4v) is 37.8. The van der Waals surface area contributed by atoms with Gasteiger partial charge in [0, 0.05) is 22.1 Å². The Labute approximate surface area is 376 Å². The Bertz CT molecular complexity index is 2920. The molecular weight excluding hydrogens is 1280 g/mol. The summed E-state index contributed by atoms with van der Waals surface area (Å²) in [6.07, 6.45) is 8.09. The fraction of sp³-hybridized carbons (Fsp3) is 0. The van der Waals surface area contributed by atoms with Crippen LogP contribution in [0.25, 0.3) is 46.4 Å². The molecule has 0 radical (unpaired) electrons. The van der Waals surface area contributed by atoms with Gasteiger partial charge < -0.3 is 9.97 Å². The van der Waals surface area contributed by atoms with E-state index >= 15 is 0 Å². The van der Waals surface area contributed by atoms with Crippen LogP contribution in [0.5, 0.6) is 0 Å². The van der Waals surface area contributed by atoms with E-state index in [1.807, 2.05) is 170 Å². The van der Waals surface area contributed by atoms with Crippen LogP contribution in [0.15, 0.2) is 170 Å². The maximum atomic E-state index is 4.63. The number of nitrogens with one attached hydrogen (secondary N) is 2. The normalized spacial score (nSPS) is 19.9. The molecule has 4 nitrogen and oxygen atoms in total. The van der Waals surface area contributed by atoms with E-state index in [4.69, 9.17) is 0 Å². The summed E-state index contributed by atoms with van der Waals surface area (Å²) in [6.45, 7) is 0. The number of hydrogen-bond acceptors (Lipinski definition) is 2. The number of nitrogens with zero attached hydrogens (tertiary/aromatic N) is 2. The predicted molar refractivity (Wildman–Crippen MR) is 275 cm³/mol. The van der Waals surface area contributed by atoms with Gasteiger partial charge in [0.25, 0.3) is 0 Å². The van der Waals surface area contributed by atoms with Gasteiger partial charge >= 0.3 is 243 Å². The molecule has 4 aromatic carbocycles. The minimum absolute atomic E-state index is 0.553. The fourth-order valence-electron chi connectivity index (χ4n) is 7.09. The van der Waals surface area contributed by atoms with Crippen molar-refractivity contribution in [3.8, 4) is 0 Å². The van der Waals surface area contributed by atoms with Crippen molar-refractivity contribution in [2.24, 2.45) is 0 Å². The number of halogens is 8. The summed E-state index contributed by atoms with van der Waals surface area (Å²) in [5, 5.41) is 0. The van der Waals surface area contributed by atoms with Crippen LogP contribution in [0.2, 0.25) is 0 Å². The summed E-state index contributed by atoms with van der Waals surface area (Å²) < 4.78 is -6.43. The first-order valence-corrected chi connectivity index (χ1v) is 38.6. The standard InChI is InChI=1S/C20H14N4.4C6H5.8BrH.Ni/c1-2-14-10-16-5-6-18(23-16)12-20-8-7-19(24-20)11-17-4-3-15(22-17)9-13(1)21-14;4*1-2-4-6-5-3-1;;;;;;;;;/h1-12,21,24H;4*1-5H;8*1H;/q;;;;;;;;;;;;;+8/p-8. The molecule has 3 aromatic heterocycles. The molecule has 8 bridgehead atoms. The summed E-state index contributed by atoms with van der Waals surface area (Å²) in [7, 11) is 0. The van der Waals surface area contributed by atoms with E-state index in [9.17, 15) is 0 Å². The summed E-state index contributed by atoms with van der Waals surface area (Å²) >= 11 is 36.4. The molecule has 13 heteroatoms. The van der Waals surface area contributed by atoms with E-state index in [2.05, 4.69) is 158 Å². The Kier molecular flexibility index (Phi) is 5.93. The van der Waals surface area contributed by atoms with E-state index in [1.165, 1.54) is 0 Å². The van der Waals surface area contributed by atoms with Crippen molar-refractivity contribution in [3.05, 3.63) is 193 Å². The van der Waals surface area contributed by atoms with Gasteiger partial charge in [-0.3, -0.25) is 0 Å². The zero-order valence-corrected chi connectivity index (χ0v) is 43.4. The Morgan fingerprint density at radius 3 is 0.719 bits per heavy atom. The predicted octanol–water partition coefficient (Wildman–Crippen LogP) is 14.9. The van der Waals surface area contributed by atoms with Crippen molar-refractivity contribution < 1.29 is -9.99 Å². The summed E-state index contributed by atoms with van der Waals surface area (Å²) in [5.41, 5.74) is 7.86. The monoisotopic (exact) mass is 1310 g/mol. The first-order valence-electron chi connectivity index (χ1n) is 17.1. The van der Waals surface area contributed by atoms with Crippen LogP contribution in [0.1, 0.15) is 22.8 Å². The zero-order chi connectivity index (χ0) is 40.7. The van der Waals surface area contributed by atoms with Crippen molar-refractivity contribution in [1.29, 1.82) is 0 Å². The van der Waals surface area contributed by atoms with Crippen molar-refractivity contribution >= 4 is 178 Å². The van der Waals surface area contributed by atoms with Gasteiger partial charge in [-0.1, -0.05) is 0 Å². The van der Waals surface area contributed by atoms with Gasteiger partial charge in [0.05, 0.1) is 22.8 Å². The molecule has 9 rings (SSSR count). The summed E-state index contributed by atoms with van der Waals surface area (Å²) in [6, 6.07) is 55.4. The number of aromatic amines is 2. The van der Waals surface area contributed by atoms with Crippen LogP contribution < -0.4 is 18.1 Å². The van der Waals surface area contributed by atoms with Crippen LogP contribution in [-0.2, 0) is -9.99 Å². The average molecular weight is 1320 g/mol. The van der Waals surface area contributed by atoms with Crippen molar-refractivity contribution in [3.63, 3.8) is 0 Å². The summed E-state index contributed by atoms with van der Waals surface area (Å²) in [4.78, 5) is 16.0. The molecule has 2 aliphatic heterocycles. The molecule has 0 unspecified atom stereocenters. The van der Waals surface area contributed by atoms with Crippen molar-refractivity contribution in [2.75, 3.05) is 0 Å². The number of fused-ring (bicyclic) bond motifs is 8. The Hall–Kier alpha value is -2.19. The number of hydrogen-bond donors (Lipinski definition) is 2. The van der Waals surface area contributed by atoms with Crippen LogP contribution in [0, 0.1) is 0 Å². The van der Waals surface area contributed by atoms with Crippen LogP contribution in [0.3, 0.4) is 0 Å². The van der Waals surface area contributed by atoms with Gasteiger partial charge in [-0.2, -0.15) is 0 Å². The number of benzene rings is 4. The molecule has 2 N–H and O–H groups in total. The number of rotatable bonds is 4. The zero-order valence-electron chi connectivity index (χ0n) is 29.7. The molecule has 0 aliphatic carbocycles. The molecule has 296 valence electrons. The van der Waals surface area contributed by atoms with E-state index in [1.54, 1.807) is 0 Å². The Balaban J connectivity index is 0.000000167. The SMILES string of the molecule is C1=Cc2cc3ccc(cc4nc(cc5ccc(cc1n2)[nH]5)C=C4)[nH]3.[Br][Ni]([Br])([Br])([Br])([Br])([Br])([Br])([Br])([c]1ccccc1)([c]1ccccc1)([c]1ccccc1)[c]1ccccc1. The third kappa shape index (κ3) is 5.01. The van der Waals surface area contributed by atoms with Crippen LogP contribution >= 0.6 is 114 Å². The number of H-pyrrole nitrogens is 2. The molecule has 2 aliphatic rings. The molecule has 0 spiro atoms. The van der Waals surface area contributed by atoms with Crippen molar-refractivity contribution in [1.82, 2.24) is 19.9 Å². The molecule has 0 saturated heterocycles. The van der Waals surface area contributed by atoms with E-state index in [0.29, 0.717) is 18.1 Å². The summed E-state index contributed by atoms with van der Waals surface area (Å²) in [5.74, 6) is 0. The second-order valence-electron chi connectivity index (χ2n) is 14.6. The molecule has 7 aromatic rings. The quantitative estimate of drug-likeness (QED) is 0.173. The molecular formula is C44H34Br8N4Ni. The molecule has 0 fully saturated rings. The number of aromatic nitrogens is 4. The topological polar surface area (TPSA) is 57.4 Å². The van der Waals surface area contributed by atoms with Gasteiger partial charge in [-0.05, 0) is 72.8 Å². The maximum absolute atomic E-state index is 8.65. The first-order chi connectivity index (χ1) is 26.0. The third-order valence-corrected chi connectivity index (χ3v) is 60.0. The second kappa shape index (κ2) is 8.14. The molecule has 0 atom stereocenters. The van der Waals surface area contributed by atoms with Gasteiger partial charge in [-0.15, -0.1) is 0 Å². The molecule has 0 saturated carbocycles. The van der Waals surface area contributed by atoms with Gasteiger partial charge in [-0.25, -0.2) is 9.97 Å². The molecule has 57 heavy (non-hydrogen) atoms. The average Bonchev–Trinajstić information content (AvgIpc) is 4.01. The second-order valence-corrected chi connectivity index (χ2v) is 197. The van der Waals surface area contributed by atoms with Crippen molar-refractivity contribution in [2.45, 2.75) is 0 Å². The first kappa shape index (κ1) is 41.5.